The molecule has 0 fully saturated rings. The predicted octanol–water partition coefficient (Wildman–Crippen LogP) is 2.66. The molecule has 1 unspecified atom stereocenters. The second-order valence-electron chi connectivity index (χ2n) is 4.02. The molecule has 0 radical (unpaired) electrons. The van der Waals surface area contributed by atoms with Crippen LogP contribution in [0.3, 0.4) is 0 Å². The lowest BCUT2D eigenvalue weighted by molar-refractivity contribution is -0.116. The van der Waals surface area contributed by atoms with E-state index in [0.717, 1.165) is 19.3 Å². The lowest BCUT2D eigenvalue weighted by Crippen LogP contribution is -2.40. The van der Waals surface area contributed by atoms with E-state index in [0.29, 0.717) is 6.42 Å². The van der Waals surface area contributed by atoms with Crippen LogP contribution in [-0.2, 0) is 9.53 Å². The van der Waals surface area contributed by atoms with Gasteiger partial charge in [-0.25, -0.2) is 4.79 Å². The van der Waals surface area contributed by atoms with Crippen LogP contribution in [0.15, 0.2) is 24.4 Å². The third kappa shape index (κ3) is 4.06. The summed E-state index contributed by atoms with van der Waals surface area (Å²) in [5.41, 5.74) is 0. The van der Waals surface area contributed by atoms with E-state index in [1.807, 2.05) is 13.0 Å². The highest BCUT2D eigenvalue weighted by Gasteiger charge is 2.27. The fourth-order valence-corrected chi connectivity index (χ4v) is 1.88. The summed E-state index contributed by atoms with van der Waals surface area (Å²) in [5, 5.41) is 0. The number of allylic oxidation sites excluding steroid dienone is 3. The number of hydrogen-bond acceptors (Lipinski definition) is 3. The van der Waals surface area contributed by atoms with Gasteiger partial charge in [0.1, 0.15) is 0 Å². The molecule has 1 amide bonds. The Labute approximate surface area is 102 Å². The van der Waals surface area contributed by atoms with Crippen molar-refractivity contribution >= 4 is 11.9 Å². The van der Waals surface area contributed by atoms with E-state index in [1.165, 1.54) is 24.3 Å². The number of nitrogens with zero attached hydrogens (tertiary/aromatic N) is 1. The average molecular weight is 237 g/mol. The Balaban J connectivity index is 2.56. The van der Waals surface area contributed by atoms with Crippen molar-refractivity contribution in [2.75, 3.05) is 7.11 Å². The van der Waals surface area contributed by atoms with Gasteiger partial charge in [-0.3, -0.25) is 9.69 Å². The van der Waals surface area contributed by atoms with Crippen LogP contribution < -0.4 is 0 Å². The van der Waals surface area contributed by atoms with Crippen molar-refractivity contribution in [1.82, 2.24) is 4.90 Å². The molecule has 0 aliphatic carbocycles. The first-order valence-corrected chi connectivity index (χ1v) is 5.87. The standard InChI is InChI=1S/C13H19NO3/c1-3-4-5-6-7-11-10-12(15)8-9-14(11)13(16)17-2/h3-4,8-9,11H,5-7,10H2,1-2H3/b4-3+. The summed E-state index contributed by atoms with van der Waals surface area (Å²) >= 11 is 0. The number of hydrogen-bond donors (Lipinski definition) is 0. The van der Waals surface area contributed by atoms with Gasteiger partial charge in [-0.2, -0.15) is 0 Å². The number of rotatable bonds is 4. The van der Waals surface area contributed by atoms with Crippen molar-refractivity contribution in [3.05, 3.63) is 24.4 Å². The lowest BCUT2D eigenvalue weighted by Gasteiger charge is -2.29. The van der Waals surface area contributed by atoms with E-state index in [2.05, 4.69) is 6.08 Å². The Kier molecular flexibility index (Phi) is 5.46. The molecule has 4 nitrogen and oxygen atoms in total. The van der Waals surface area contributed by atoms with E-state index >= 15 is 0 Å². The largest absolute Gasteiger partial charge is 0.452 e. The molecule has 94 valence electrons. The van der Waals surface area contributed by atoms with Crippen LogP contribution in [0.4, 0.5) is 4.79 Å². The normalized spacial score (nSPS) is 20.0. The minimum absolute atomic E-state index is 0.0646. The van der Waals surface area contributed by atoms with Gasteiger partial charge in [0.15, 0.2) is 5.78 Å². The highest BCUT2D eigenvalue weighted by Crippen LogP contribution is 2.19. The van der Waals surface area contributed by atoms with E-state index in [4.69, 9.17) is 4.74 Å². The summed E-state index contributed by atoms with van der Waals surface area (Å²) in [6.45, 7) is 1.98. The smallest absolute Gasteiger partial charge is 0.413 e. The highest BCUT2D eigenvalue weighted by molar-refractivity contribution is 5.92. The van der Waals surface area contributed by atoms with Crippen LogP contribution in [-0.4, -0.2) is 29.9 Å². The van der Waals surface area contributed by atoms with Gasteiger partial charge < -0.3 is 4.74 Å². The van der Waals surface area contributed by atoms with Crippen LogP contribution >= 0.6 is 0 Å². The van der Waals surface area contributed by atoms with Gasteiger partial charge >= 0.3 is 6.09 Å². The molecule has 0 N–H and O–H groups in total. The fraction of sp³-hybridized carbons (Fsp3) is 0.538. The fourth-order valence-electron chi connectivity index (χ4n) is 1.88. The molecule has 1 aliphatic rings. The number of methoxy groups -OCH3 is 1. The average Bonchev–Trinajstić information content (AvgIpc) is 2.34. The van der Waals surface area contributed by atoms with Gasteiger partial charge in [-0.05, 0) is 32.3 Å². The first kappa shape index (κ1) is 13.5. The molecule has 0 aromatic carbocycles. The van der Waals surface area contributed by atoms with Gasteiger partial charge in [0.05, 0.1) is 7.11 Å². The summed E-state index contributed by atoms with van der Waals surface area (Å²) in [5.74, 6) is 0.0705. The van der Waals surface area contributed by atoms with Crippen LogP contribution in [0.25, 0.3) is 0 Å². The summed E-state index contributed by atoms with van der Waals surface area (Å²) in [4.78, 5) is 24.4. The minimum Gasteiger partial charge on any atom is -0.452 e. The minimum atomic E-state index is -0.398. The number of ketones is 1. The quantitative estimate of drug-likeness (QED) is 0.558. The Morgan fingerprint density at radius 1 is 1.65 bits per heavy atom. The predicted molar refractivity (Wildman–Crippen MR) is 65.5 cm³/mol. The monoisotopic (exact) mass is 237 g/mol. The third-order valence-electron chi connectivity index (χ3n) is 2.78. The van der Waals surface area contributed by atoms with Crippen molar-refractivity contribution in [2.24, 2.45) is 0 Å². The van der Waals surface area contributed by atoms with Crippen LogP contribution in [0.2, 0.25) is 0 Å². The zero-order chi connectivity index (χ0) is 12.7. The number of unbranched alkanes of at least 4 members (excludes halogenated alkanes) is 1. The summed E-state index contributed by atoms with van der Waals surface area (Å²) in [7, 11) is 1.35. The zero-order valence-corrected chi connectivity index (χ0v) is 10.4. The molecule has 0 saturated heterocycles. The highest BCUT2D eigenvalue weighted by atomic mass is 16.5. The molecule has 1 rings (SSSR count). The van der Waals surface area contributed by atoms with E-state index in [-0.39, 0.29) is 11.8 Å². The van der Waals surface area contributed by atoms with Gasteiger partial charge in [-0.15, -0.1) is 0 Å². The molecular formula is C13H19NO3. The third-order valence-corrected chi connectivity index (χ3v) is 2.78. The maximum absolute atomic E-state index is 11.5. The van der Waals surface area contributed by atoms with Crippen molar-refractivity contribution < 1.29 is 14.3 Å². The second kappa shape index (κ2) is 6.89. The van der Waals surface area contributed by atoms with E-state index in [1.54, 1.807) is 0 Å². The lowest BCUT2D eigenvalue weighted by atomic mass is 10.00. The van der Waals surface area contributed by atoms with Gasteiger partial charge in [0.25, 0.3) is 0 Å². The molecule has 0 saturated carbocycles. The Bertz CT molecular complexity index is 334. The molecule has 0 spiro atoms. The maximum Gasteiger partial charge on any atom is 0.413 e. The molecule has 0 aromatic rings. The SMILES string of the molecule is C/C=C/CCCC1CC(=O)C=CN1C(=O)OC. The van der Waals surface area contributed by atoms with Crippen molar-refractivity contribution in [3.63, 3.8) is 0 Å². The molecule has 1 heterocycles. The Morgan fingerprint density at radius 3 is 3.06 bits per heavy atom. The topological polar surface area (TPSA) is 46.6 Å². The molecule has 4 heteroatoms. The molecule has 17 heavy (non-hydrogen) atoms. The molecular weight excluding hydrogens is 218 g/mol. The number of carbonyl (C=O) groups excluding carboxylic acids is 2. The number of carbonyl (C=O) groups is 2. The summed E-state index contributed by atoms with van der Waals surface area (Å²) in [6, 6.07) is -0.0646. The van der Waals surface area contributed by atoms with Gasteiger partial charge in [0.2, 0.25) is 0 Å². The van der Waals surface area contributed by atoms with Gasteiger partial charge in [-0.1, -0.05) is 12.2 Å². The van der Waals surface area contributed by atoms with Crippen molar-refractivity contribution in [1.29, 1.82) is 0 Å². The molecule has 1 aliphatic heterocycles. The van der Waals surface area contributed by atoms with E-state index < -0.39 is 6.09 Å². The Hall–Kier alpha value is -1.58. The Morgan fingerprint density at radius 2 is 2.41 bits per heavy atom. The number of amides is 1. The zero-order valence-electron chi connectivity index (χ0n) is 10.4. The first-order chi connectivity index (χ1) is 8.19. The van der Waals surface area contributed by atoms with Crippen molar-refractivity contribution in [2.45, 2.75) is 38.6 Å². The van der Waals surface area contributed by atoms with Crippen LogP contribution in [0.1, 0.15) is 32.6 Å². The molecule has 0 aromatic heterocycles. The molecule has 1 atom stereocenters. The second-order valence-corrected chi connectivity index (χ2v) is 4.02. The summed E-state index contributed by atoms with van der Waals surface area (Å²) in [6.07, 6.45) is 9.79. The molecule has 0 bridgehead atoms. The van der Waals surface area contributed by atoms with Crippen LogP contribution in [0, 0.1) is 0 Å². The van der Waals surface area contributed by atoms with E-state index in [9.17, 15) is 9.59 Å². The van der Waals surface area contributed by atoms with Crippen LogP contribution in [0.5, 0.6) is 0 Å². The van der Waals surface area contributed by atoms with Crippen molar-refractivity contribution in [3.8, 4) is 0 Å². The maximum atomic E-state index is 11.5. The number of ether oxygens (including phenoxy) is 1. The first-order valence-electron chi connectivity index (χ1n) is 5.87. The van der Waals surface area contributed by atoms with Gasteiger partial charge in [0, 0.05) is 18.7 Å². The summed E-state index contributed by atoms with van der Waals surface area (Å²) < 4.78 is 4.69.